The quantitative estimate of drug-likeness (QED) is 0.566. The van der Waals surface area contributed by atoms with E-state index in [0.29, 0.717) is 18.7 Å². The molecule has 0 unspecified atom stereocenters. The number of fused-ring (bicyclic) bond motifs is 1. The molecule has 0 aromatic heterocycles. The molecule has 0 fully saturated rings. The van der Waals surface area contributed by atoms with Crippen LogP contribution >= 0.6 is 0 Å². The molecule has 1 atom stereocenters. The van der Waals surface area contributed by atoms with Crippen molar-refractivity contribution in [1.29, 1.82) is 0 Å². The van der Waals surface area contributed by atoms with Crippen LogP contribution in [0, 0.1) is 0 Å². The van der Waals surface area contributed by atoms with E-state index in [0.717, 1.165) is 29.7 Å². The maximum atomic E-state index is 12.8. The van der Waals surface area contributed by atoms with Gasteiger partial charge in [0.05, 0.1) is 0 Å². The van der Waals surface area contributed by atoms with Crippen LogP contribution in [0.25, 0.3) is 0 Å². The predicted molar refractivity (Wildman–Crippen MR) is 123 cm³/mol. The third-order valence-electron chi connectivity index (χ3n) is 5.52. The van der Waals surface area contributed by atoms with Crippen LogP contribution in [0.5, 0.6) is 0 Å². The number of carbonyl (C=O) groups excluding carboxylic acids is 2. The summed E-state index contributed by atoms with van der Waals surface area (Å²) in [6.07, 6.45) is 1.49. The van der Waals surface area contributed by atoms with E-state index in [1.165, 1.54) is 5.56 Å². The first-order valence-electron chi connectivity index (χ1n) is 10.8. The molecule has 0 saturated heterocycles. The van der Waals surface area contributed by atoms with Crippen molar-refractivity contribution >= 4 is 17.5 Å². The summed E-state index contributed by atoms with van der Waals surface area (Å²) < 4.78 is 0. The van der Waals surface area contributed by atoms with Gasteiger partial charge in [-0.05, 0) is 48.7 Å². The molecule has 3 aromatic rings. The van der Waals surface area contributed by atoms with E-state index in [1.54, 1.807) is 0 Å². The zero-order valence-corrected chi connectivity index (χ0v) is 17.7. The lowest BCUT2D eigenvalue weighted by Gasteiger charge is -2.26. The van der Waals surface area contributed by atoms with Crippen molar-refractivity contribution < 1.29 is 9.59 Å². The van der Waals surface area contributed by atoms with E-state index in [9.17, 15) is 9.59 Å². The fourth-order valence-electron chi connectivity index (χ4n) is 3.94. The van der Waals surface area contributed by atoms with Crippen LogP contribution < -0.4 is 10.6 Å². The Balaban J connectivity index is 1.40. The molecular formula is C26H27N3O2. The molecule has 1 heterocycles. The number of hydrogen-bond donors (Lipinski definition) is 2. The molecule has 3 aromatic carbocycles. The molecular weight excluding hydrogens is 386 g/mol. The van der Waals surface area contributed by atoms with Crippen molar-refractivity contribution in [3.8, 4) is 0 Å². The molecule has 1 aliphatic rings. The van der Waals surface area contributed by atoms with E-state index in [2.05, 4.69) is 29.7 Å². The number of rotatable bonds is 8. The zero-order chi connectivity index (χ0) is 21.6. The van der Waals surface area contributed by atoms with Crippen molar-refractivity contribution in [3.63, 3.8) is 0 Å². The van der Waals surface area contributed by atoms with Gasteiger partial charge in [0.1, 0.15) is 6.17 Å². The largest absolute Gasteiger partial charge is 0.361 e. The van der Waals surface area contributed by atoms with E-state index < -0.39 is 0 Å². The minimum Gasteiger partial charge on any atom is -0.361 e. The number of carbonyl (C=O) groups is 2. The van der Waals surface area contributed by atoms with E-state index in [1.807, 2.05) is 71.6 Å². The van der Waals surface area contributed by atoms with Gasteiger partial charge >= 0.3 is 0 Å². The van der Waals surface area contributed by atoms with Gasteiger partial charge in [0.25, 0.3) is 11.8 Å². The number of benzene rings is 3. The summed E-state index contributed by atoms with van der Waals surface area (Å²) in [4.78, 5) is 27.1. The van der Waals surface area contributed by atoms with Gasteiger partial charge in [-0.25, -0.2) is 0 Å². The fourth-order valence-corrected chi connectivity index (χ4v) is 3.94. The van der Waals surface area contributed by atoms with Gasteiger partial charge < -0.3 is 15.5 Å². The van der Waals surface area contributed by atoms with Crippen molar-refractivity contribution in [2.75, 3.05) is 18.4 Å². The van der Waals surface area contributed by atoms with Crippen LogP contribution in [-0.2, 0) is 6.42 Å². The van der Waals surface area contributed by atoms with Gasteiger partial charge in [-0.3, -0.25) is 9.59 Å². The van der Waals surface area contributed by atoms with Crippen LogP contribution in [0.3, 0.4) is 0 Å². The van der Waals surface area contributed by atoms with Gasteiger partial charge in [-0.2, -0.15) is 0 Å². The Morgan fingerprint density at radius 2 is 1.65 bits per heavy atom. The topological polar surface area (TPSA) is 61.4 Å². The van der Waals surface area contributed by atoms with Crippen LogP contribution in [0.1, 0.15) is 51.4 Å². The van der Waals surface area contributed by atoms with Gasteiger partial charge in [-0.15, -0.1) is 0 Å². The lowest BCUT2D eigenvalue weighted by molar-refractivity contribution is 0.0743. The summed E-state index contributed by atoms with van der Waals surface area (Å²) in [6, 6.07) is 25.2. The molecule has 31 heavy (non-hydrogen) atoms. The third-order valence-corrected chi connectivity index (χ3v) is 5.52. The Kier molecular flexibility index (Phi) is 6.32. The molecule has 0 spiro atoms. The molecule has 0 aliphatic carbocycles. The Morgan fingerprint density at radius 1 is 0.935 bits per heavy atom. The minimum atomic E-state index is -0.200. The SMILES string of the molecule is CCCN1C(=O)c2ccccc2[C@@H]1Nc1ccc(C(=O)NCCc2ccccc2)cc1. The predicted octanol–water partition coefficient (Wildman–Crippen LogP) is 4.64. The molecule has 2 N–H and O–H groups in total. The van der Waals surface area contributed by atoms with Crippen molar-refractivity contribution in [2.45, 2.75) is 25.9 Å². The van der Waals surface area contributed by atoms with E-state index in [-0.39, 0.29) is 18.0 Å². The Bertz CT molecular complexity index is 1050. The fraction of sp³-hybridized carbons (Fsp3) is 0.231. The zero-order valence-electron chi connectivity index (χ0n) is 17.7. The monoisotopic (exact) mass is 413 g/mol. The second-order valence-electron chi connectivity index (χ2n) is 7.70. The van der Waals surface area contributed by atoms with E-state index >= 15 is 0 Å². The highest BCUT2D eigenvalue weighted by Gasteiger charge is 2.35. The maximum Gasteiger partial charge on any atom is 0.256 e. The van der Waals surface area contributed by atoms with Crippen LogP contribution in [-0.4, -0.2) is 29.8 Å². The van der Waals surface area contributed by atoms with Gasteiger partial charge in [0.2, 0.25) is 0 Å². The first-order valence-corrected chi connectivity index (χ1v) is 10.8. The van der Waals surface area contributed by atoms with Crippen LogP contribution in [0.4, 0.5) is 5.69 Å². The smallest absolute Gasteiger partial charge is 0.256 e. The summed E-state index contributed by atoms with van der Waals surface area (Å²) in [6.45, 7) is 3.35. The van der Waals surface area contributed by atoms with Crippen molar-refractivity contribution in [3.05, 3.63) is 101 Å². The number of hydrogen-bond acceptors (Lipinski definition) is 3. The molecule has 1 aliphatic heterocycles. The second-order valence-corrected chi connectivity index (χ2v) is 7.70. The Hall–Kier alpha value is -3.60. The molecule has 158 valence electrons. The first-order chi connectivity index (χ1) is 15.2. The highest BCUT2D eigenvalue weighted by Crippen LogP contribution is 2.34. The Morgan fingerprint density at radius 3 is 2.39 bits per heavy atom. The van der Waals surface area contributed by atoms with Crippen LogP contribution in [0.15, 0.2) is 78.9 Å². The molecule has 4 rings (SSSR count). The Labute approximate surface area is 183 Å². The maximum absolute atomic E-state index is 12.8. The molecule has 5 heteroatoms. The van der Waals surface area contributed by atoms with E-state index in [4.69, 9.17) is 0 Å². The standard InChI is InChI=1S/C26H27N3O2/c1-2-18-29-24(22-10-6-7-11-23(22)26(29)31)28-21-14-12-20(13-15-21)25(30)27-17-16-19-8-4-3-5-9-19/h3-15,24,28H,2,16-18H2,1H3,(H,27,30)/t24-/m1/s1. The lowest BCUT2D eigenvalue weighted by Crippen LogP contribution is -2.33. The average Bonchev–Trinajstić information content (AvgIpc) is 3.07. The second kappa shape index (κ2) is 9.47. The highest BCUT2D eigenvalue weighted by molar-refractivity contribution is 5.99. The number of nitrogens with zero attached hydrogens (tertiary/aromatic N) is 1. The number of nitrogens with one attached hydrogen (secondary N) is 2. The van der Waals surface area contributed by atoms with Crippen molar-refractivity contribution in [1.82, 2.24) is 10.2 Å². The van der Waals surface area contributed by atoms with Gasteiger partial charge in [0.15, 0.2) is 0 Å². The molecule has 0 radical (unpaired) electrons. The molecule has 2 amide bonds. The first kappa shape index (κ1) is 20.7. The average molecular weight is 414 g/mol. The summed E-state index contributed by atoms with van der Waals surface area (Å²) in [5, 5.41) is 6.44. The normalized spacial score (nSPS) is 14.9. The van der Waals surface area contributed by atoms with Crippen LogP contribution in [0.2, 0.25) is 0 Å². The summed E-state index contributed by atoms with van der Waals surface area (Å²) in [7, 11) is 0. The number of amides is 2. The minimum absolute atomic E-state index is 0.0596. The lowest BCUT2D eigenvalue weighted by atomic mass is 10.1. The summed E-state index contributed by atoms with van der Waals surface area (Å²) in [5.41, 5.74) is 4.43. The van der Waals surface area contributed by atoms with Gasteiger partial charge in [0, 0.05) is 35.5 Å². The third kappa shape index (κ3) is 4.61. The van der Waals surface area contributed by atoms with Crippen molar-refractivity contribution in [2.24, 2.45) is 0 Å². The summed E-state index contributed by atoms with van der Waals surface area (Å²) in [5.74, 6) is -0.0270. The molecule has 0 bridgehead atoms. The number of anilines is 1. The van der Waals surface area contributed by atoms with Gasteiger partial charge in [-0.1, -0.05) is 55.5 Å². The highest BCUT2D eigenvalue weighted by atomic mass is 16.2. The molecule has 0 saturated carbocycles. The molecule has 5 nitrogen and oxygen atoms in total. The summed E-state index contributed by atoms with van der Waals surface area (Å²) >= 11 is 0.